The molecule has 94 valence electrons. The topological polar surface area (TPSA) is 72.5 Å². The fourth-order valence-electron chi connectivity index (χ4n) is 1.42. The third-order valence-electron chi connectivity index (χ3n) is 2.16. The van der Waals surface area contributed by atoms with Gasteiger partial charge < -0.3 is 4.74 Å². The van der Waals surface area contributed by atoms with Crippen LogP contribution in [0.5, 0.6) is 0 Å². The van der Waals surface area contributed by atoms with Crippen LogP contribution in [-0.4, -0.2) is 27.8 Å². The quantitative estimate of drug-likeness (QED) is 0.793. The van der Waals surface area contributed by atoms with E-state index < -0.39 is 22.0 Å². The van der Waals surface area contributed by atoms with E-state index in [1.165, 1.54) is 7.11 Å². The van der Waals surface area contributed by atoms with Gasteiger partial charge in [-0.15, -0.1) is 0 Å². The Morgan fingerprint density at radius 1 is 1.35 bits per heavy atom. The van der Waals surface area contributed by atoms with E-state index in [4.69, 9.17) is 0 Å². The Balaban J connectivity index is 2.91. The molecular formula is C11H15NO4S. The molecule has 1 atom stereocenters. The number of methoxy groups -OCH3 is 1. The summed E-state index contributed by atoms with van der Waals surface area (Å²) < 4.78 is 29.4. The highest BCUT2D eigenvalue weighted by Crippen LogP contribution is 2.17. The number of hydrogen-bond acceptors (Lipinski definition) is 4. The molecule has 0 amide bonds. The van der Waals surface area contributed by atoms with Gasteiger partial charge in [-0.2, -0.15) is 0 Å². The predicted octanol–water partition coefficient (Wildman–Crippen LogP) is 0.840. The standard InChI is InChI=1S/C11H15NO4S/c1-16-11(13)8-10(12-17(2,14)15)9-6-4-3-5-7-9/h3-7,10,12H,8H2,1-2H3. The van der Waals surface area contributed by atoms with Gasteiger partial charge in [-0.1, -0.05) is 30.3 Å². The lowest BCUT2D eigenvalue weighted by Crippen LogP contribution is -2.29. The second-order valence-corrected chi connectivity index (χ2v) is 5.41. The number of esters is 1. The van der Waals surface area contributed by atoms with Crippen molar-refractivity contribution in [2.75, 3.05) is 13.4 Å². The monoisotopic (exact) mass is 257 g/mol. The molecule has 6 heteroatoms. The lowest BCUT2D eigenvalue weighted by atomic mass is 10.1. The zero-order chi connectivity index (χ0) is 12.9. The van der Waals surface area contributed by atoms with Crippen LogP contribution >= 0.6 is 0 Å². The Bertz CT molecular complexity index is 470. The lowest BCUT2D eigenvalue weighted by molar-refractivity contribution is -0.141. The molecule has 0 aliphatic rings. The van der Waals surface area contributed by atoms with Crippen LogP contribution in [0.1, 0.15) is 18.0 Å². The molecule has 0 aliphatic carbocycles. The van der Waals surface area contributed by atoms with E-state index in [-0.39, 0.29) is 6.42 Å². The zero-order valence-electron chi connectivity index (χ0n) is 9.71. The molecule has 0 spiro atoms. The molecule has 1 N–H and O–H groups in total. The van der Waals surface area contributed by atoms with Crippen LogP contribution in [0.25, 0.3) is 0 Å². The summed E-state index contributed by atoms with van der Waals surface area (Å²) in [4.78, 5) is 11.2. The van der Waals surface area contributed by atoms with E-state index in [9.17, 15) is 13.2 Å². The summed E-state index contributed by atoms with van der Waals surface area (Å²) in [6.45, 7) is 0. The first-order valence-electron chi connectivity index (χ1n) is 5.01. The maximum atomic E-state index is 11.2. The second-order valence-electron chi connectivity index (χ2n) is 3.63. The van der Waals surface area contributed by atoms with Gasteiger partial charge >= 0.3 is 5.97 Å². The molecule has 1 aromatic rings. The van der Waals surface area contributed by atoms with E-state index in [1.54, 1.807) is 24.3 Å². The van der Waals surface area contributed by atoms with Crippen molar-refractivity contribution >= 4 is 16.0 Å². The van der Waals surface area contributed by atoms with Gasteiger partial charge in [0.2, 0.25) is 10.0 Å². The van der Waals surface area contributed by atoms with E-state index >= 15 is 0 Å². The minimum atomic E-state index is -3.38. The Hall–Kier alpha value is -1.40. The Kier molecular flexibility index (Phi) is 4.65. The number of benzene rings is 1. The van der Waals surface area contributed by atoms with Crippen molar-refractivity contribution in [3.8, 4) is 0 Å². The third kappa shape index (κ3) is 4.97. The van der Waals surface area contributed by atoms with Gasteiger partial charge in [0.05, 0.1) is 25.8 Å². The summed E-state index contributed by atoms with van der Waals surface area (Å²) >= 11 is 0. The van der Waals surface area contributed by atoms with Crippen LogP contribution < -0.4 is 4.72 Å². The fraction of sp³-hybridized carbons (Fsp3) is 0.364. The van der Waals surface area contributed by atoms with Crippen molar-refractivity contribution in [2.45, 2.75) is 12.5 Å². The molecule has 0 aliphatic heterocycles. The summed E-state index contributed by atoms with van der Waals surface area (Å²) in [5.41, 5.74) is 0.725. The minimum absolute atomic E-state index is 0.0341. The highest BCUT2D eigenvalue weighted by molar-refractivity contribution is 7.88. The number of nitrogens with one attached hydrogen (secondary N) is 1. The van der Waals surface area contributed by atoms with Gasteiger partial charge in [-0.25, -0.2) is 13.1 Å². The van der Waals surface area contributed by atoms with Gasteiger partial charge in [-0.05, 0) is 5.56 Å². The largest absolute Gasteiger partial charge is 0.469 e. The second kappa shape index (κ2) is 5.79. The van der Waals surface area contributed by atoms with Gasteiger partial charge in [0, 0.05) is 0 Å². The average molecular weight is 257 g/mol. The molecule has 0 saturated heterocycles. The normalized spacial score (nSPS) is 13.1. The van der Waals surface area contributed by atoms with Gasteiger partial charge in [0.15, 0.2) is 0 Å². The molecule has 1 unspecified atom stereocenters. The Labute approximate surface area is 101 Å². The van der Waals surface area contributed by atoms with Crippen LogP contribution in [0.3, 0.4) is 0 Å². The van der Waals surface area contributed by atoms with Crippen LogP contribution in [0.15, 0.2) is 30.3 Å². The molecule has 0 bridgehead atoms. The van der Waals surface area contributed by atoms with Gasteiger partial charge in [0.1, 0.15) is 0 Å². The molecule has 0 heterocycles. The minimum Gasteiger partial charge on any atom is -0.469 e. The summed E-state index contributed by atoms with van der Waals surface area (Å²) in [5.74, 6) is -0.463. The van der Waals surface area contributed by atoms with Crippen LogP contribution in [-0.2, 0) is 19.6 Å². The first kappa shape index (κ1) is 13.7. The first-order valence-corrected chi connectivity index (χ1v) is 6.90. The Morgan fingerprint density at radius 3 is 2.41 bits per heavy atom. The summed E-state index contributed by atoms with van der Waals surface area (Å²) in [6, 6.07) is 8.29. The third-order valence-corrected chi connectivity index (χ3v) is 2.87. The molecule has 1 aromatic carbocycles. The predicted molar refractivity (Wildman–Crippen MR) is 63.8 cm³/mol. The molecule has 5 nitrogen and oxygen atoms in total. The molecular weight excluding hydrogens is 242 g/mol. The van der Waals surface area contributed by atoms with Crippen molar-refractivity contribution in [1.82, 2.24) is 4.72 Å². The summed E-state index contributed by atoms with van der Waals surface area (Å²) in [6.07, 6.45) is 1.02. The summed E-state index contributed by atoms with van der Waals surface area (Å²) in [7, 11) is -2.11. The number of hydrogen-bond donors (Lipinski definition) is 1. The van der Waals surface area contributed by atoms with Gasteiger partial charge in [0.25, 0.3) is 0 Å². The van der Waals surface area contributed by atoms with Crippen molar-refractivity contribution < 1.29 is 17.9 Å². The molecule has 1 rings (SSSR count). The van der Waals surface area contributed by atoms with Crippen LogP contribution in [0.2, 0.25) is 0 Å². The average Bonchev–Trinajstić information content (AvgIpc) is 2.27. The maximum Gasteiger partial charge on any atom is 0.307 e. The van der Waals surface area contributed by atoms with E-state index in [2.05, 4.69) is 9.46 Å². The smallest absolute Gasteiger partial charge is 0.307 e. The molecule has 17 heavy (non-hydrogen) atoms. The van der Waals surface area contributed by atoms with Crippen molar-refractivity contribution in [2.24, 2.45) is 0 Å². The molecule has 0 radical (unpaired) electrons. The number of carbonyl (C=O) groups is 1. The van der Waals surface area contributed by atoms with Crippen LogP contribution in [0.4, 0.5) is 0 Å². The van der Waals surface area contributed by atoms with E-state index in [0.717, 1.165) is 11.8 Å². The molecule has 0 saturated carbocycles. The fourth-order valence-corrected chi connectivity index (χ4v) is 2.16. The molecule has 0 fully saturated rings. The van der Waals surface area contributed by atoms with E-state index in [0.29, 0.717) is 0 Å². The lowest BCUT2D eigenvalue weighted by Gasteiger charge is -2.16. The Morgan fingerprint density at radius 2 is 1.94 bits per heavy atom. The highest BCUT2D eigenvalue weighted by atomic mass is 32.2. The van der Waals surface area contributed by atoms with E-state index in [1.807, 2.05) is 6.07 Å². The van der Waals surface area contributed by atoms with Crippen LogP contribution in [0, 0.1) is 0 Å². The first-order chi connectivity index (χ1) is 7.92. The zero-order valence-corrected chi connectivity index (χ0v) is 10.5. The molecule has 0 aromatic heterocycles. The van der Waals surface area contributed by atoms with Gasteiger partial charge in [-0.3, -0.25) is 4.79 Å². The number of ether oxygens (including phenoxy) is 1. The maximum absolute atomic E-state index is 11.2. The number of sulfonamides is 1. The summed E-state index contributed by atoms with van der Waals surface area (Å²) in [5, 5.41) is 0. The SMILES string of the molecule is COC(=O)CC(NS(C)(=O)=O)c1ccccc1. The number of carbonyl (C=O) groups excluding carboxylic acids is 1. The van der Waals surface area contributed by atoms with Crippen molar-refractivity contribution in [3.63, 3.8) is 0 Å². The highest BCUT2D eigenvalue weighted by Gasteiger charge is 2.19. The number of rotatable bonds is 5. The van der Waals surface area contributed by atoms with Crippen molar-refractivity contribution in [1.29, 1.82) is 0 Å². The van der Waals surface area contributed by atoms with Crippen molar-refractivity contribution in [3.05, 3.63) is 35.9 Å².